The van der Waals surface area contributed by atoms with Gasteiger partial charge in [-0.3, -0.25) is 4.99 Å². The fourth-order valence-corrected chi connectivity index (χ4v) is 2.01. The zero-order valence-corrected chi connectivity index (χ0v) is 12.2. The first-order chi connectivity index (χ1) is 8.67. The Hall–Kier alpha value is -1.34. The van der Waals surface area contributed by atoms with Gasteiger partial charge in [0, 0.05) is 40.2 Å². The van der Waals surface area contributed by atoms with Gasteiger partial charge in [0.2, 0.25) is 0 Å². The molecule has 0 saturated heterocycles. The molecule has 0 aliphatic rings. The minimum atomic E-state index is 0.655. The Morgan fingerprint density at radius 2 is 2.28 bits per heavy atom. The van der Waals surface area contributed by atoms with E-state index in [0.717, 1.165) is 23.3 Å². The molecule has 1 aromatic heterocycles. The summed E-state index contributed by atoms with van der Waals surface area (Å²) in [5, 5.41) is 9.41. The van der Waals surface area contributed by atoms with Crippen LogP contribution in [-0.4, -0.2) is 52.3 Å². The number of ether oxygens (including phenoxy) is 1. The smallest absolute Gasteiger partial charge is 0.191 e. The first-order valence-electron chi connectivity index (χ1n) is 5.72. The van der Waals surface area contributed by atoms with Crippen molar-refractivity contribution in [1.82, 2.24) is 15.6 Å². The summed E-state index contributed by atoms with van der Waals surface area (Å²) >= 11 is 1.63. The monoisotopic (exact) mass is 271 g/mol. The third kappa shape index (κ3) is 4.89. The van der Waals surface area contributed by atoms with Crippen LogP contribution in [0.4, 0.5) is 5.13 Å². The van der Waals surface area contributed by atoms with Gasteiger partial charge >= 0.3 is 0 Å². The van der Waals surface area contributed by atoms with Crippen molar-refractivity contribution < 1.29 is 4.74 Å². The predicted molar refractivity (Wildman–Crippen MR) is 76.5 cm³/mol. The van der Waals surface area contributed by atoms with E-state index in [2.05, 4.69) is 20.6 Å². The molecule has 0 amide bonds. The second kappa shape index (κ2) is 7.88. The largest absolute Gasteiger partial charge is 0.383 e. The summed E-state index contributed by atoms with van der Waals surface area (Å²) in [6.07, 6.45) is 0. The summed E-state index contributed by atoms with van der Waals surface area (Å²) in [6.45, 7) is 2.05. The topological polar surface area (TPSA) is 61.8 Å². The summed E-state index contributed by atoms with van der Waals surface area (Å²) < 4.78 is 4.97. The molecule has 0 radical (unpaired) electrons. The van der Waals surface area contributed by atoms with E-state index >= 15 is 0 Å². The second-order valence-corrected chi connectivity index (χ2v) is 4.70. The maximum atomic E-state index is 4.97. The summed E-state index contributed by atoms with van der Waals surface area (Å²) in [7, 11) is 7.40. The molecule has 2 N–H and O–H groups in total. The number of aromatic nitrogens is 1. The molecule has 0 saturated carbocycles. The van der Waals surface area contributed by atoms with E-state index in [1.54, 1.807) is 25.5 Å². The molecular weight excluding hydrogens is 250 g/mol. The highest BCUT2D eigenvalue weighted by Gasteiger charge is 2.04. The number of hydrogen-bond acceptors (Lipinski definition) is 5. The van der Waals surface area contributed by atoms with E-state index in [9.17, 15) is 0 Å². The lowest BCUT2D eigenvalue weighted by Crippen LogP contribution is -2.38. The number of nitrogens with one attached hydrogen (secondary N) is 2. The molecule has 0 fully saturated rings. The van der Waals surface area contributed by atoms with Crippen molar-refractivity contribution in [2.45, 2.75) is 6.54 Å². The van der Waals surface area contributed by atoms with Crippen molar-refractivity contribution in [1.29, 1.82) is 0 Å². The Labute approximate surface area is 112 Å². The van der Waals surface area contributed by atoms with Crippen LogP contribution in [0, 0.1) is 0 Å². The highest BCUT2D eigenvalue weighted by atomic mass is 32.1. The average Bonchev–Trinajstić information content (AvgIpc) is 2.82. The molecule has 0 aliphatic heterocycles. The molecule has 6 nitrogen and oxygen atoms in total. The first-order valence-corrected chi connectivity index (χ1v) is 6.60. The third-order valence-corrected chi connectivity index (χ3v) is 3.24. The van der Waals surface area contributed by atoms with Crippen LogP contribution in [-0.2, 0) is 11.3 Å². The van der Waals surface area contributed by atoms with Crippen LogP contribution in [0.3, 0.4) is 0 Å². The molecule has 0 spiro atoms. The van der Waals surface area contributed by atoms with Gasteiger partial charge < -0.3 is 20.3 Å². The van der Waals surface area contributed by atoms with Crippen molar-refractivity contribution in [3.05, 3.63) is 11.1 Å². The van der Waals surface area contributed by atoms with Gasteiger partial charge in [-0.25, -0.2) is 4.98 Å². The number of methoxy groups -OCH3 is 1. The molecule has 0 unspecified atom stereocenters. The summed E-state index contributed by atoms with van der Waals surface area (Å²) in [6, 6.07) is 0. The fourth-order valence-electron chi connectivity index (χ4n) is 1.25. The van der Waals surface area contributed by atoms with E-state index in [0.29, 0.717) is 13.2 Å². The van der Waals surface area contributed by atoms with Crippen LogP contribution in [0.5, 0.6) is 0 Å². The molecule has 102 valence electrons. The van der Waals surface area contributed by atoms with Crippen LogP contribution in [0.2, 0.25) is 0 Å². The molecule has 1 rings (SSSR count). The van der Waals surface area contributed by atoms with E-state index in [4.69, 9.17) is 4.74 Å². The number of hydrogen-bond donors (Lipinski definition) is 2. The Morgan fingerprint density at radius 1 is 1.50 bits per heavy atom. The van der Waals surface area contributed by atoms with Gasteiger partial charge in [0.15, 0.2) is 11.1 Å². The van der Waals surface area contributed by atoms with Crippen LogP contribution in [0.15, 0.2) is 10.4 Å². The quantitative estimate of drug-likeness (QED) is 0.449. The summed E-state index contributed by atoms with van der Waals surface area (Å²) in [5.74, 6) is 0.756. The lowest BCUT2D eigenvalue weighted by atomic mass is 10.5. The van der Waals surface area contributed by atoms with Gasteiger partial charge in [-0.15, -0.1) is 11.3 Å². The van der Waals surface area contributed by atoms with Crippen molar-refractivity contribution in [2.24, 2.45) is 4.99 Å². The lowest BCUT2D eigenvalue weighted by Gasteiger charge is -2.10. The van der Waals surface area contributed by atoms with Crippen LogP contribution in [0.25, 0.3) is 0 Å². The standard InChI is InChI=1S/C11H21N5OS/c1-12-10(13-5-6-17-4)14-7-9-8-18-11(15-9)16(2)3/h8H,5-7H2,1-4H3,(H2,12,13,14). The molecule has 0 aromatic carbocycles. The van der Waals surface area contributed by atoms with Crippen molar-refractivity contribution >= 4 is 22.4 Å². The molecular formula is C11H21N5OS. The van der Waals surface area contributed by atoms with E-state index in [1.165, 1.54) is 0 Å². The van der Waals surface area contributed by atoms with Gasteiger partial charge in [0.1, 0.15) is 0 Å². The average molecular weight is 271 g/mol. The van der Waals surface area contributed by atoms with E-state index < -0.39 is 0 Å². The lowest BCUT2D eigenvalue weighted by molar-refractivity contribution is 0.203. The first kappa shape index (κ1) is 14.7. The van der Waals surface area contributed by atoms with Gasteiger partial charge in [-0.2, -0.15) is 0 Å². The summed E-state index contributed by atoms with van der Waals surface area (Å²) in [4.78, 5) is 10.6. The number of rotatable bonds is 6. The molecule has 1 heterocycles. The SMILES string of the molecule is CN=C(NCCOC)NCc1csc(N(C)C)n1. The minimum absolute atomic E-state index is 0.655. The van der Waals surface area contributed by atoms with Crippen molar-refractivity contribution in [2.75, 3.05) is 46.3 Å². The number of guanidine groups is 1. The predicted octanol–water partition coefficient (Wildman–Crippen LogP) is 0.520. The van der Waals surface area contributed by atoms with Crippen molar-refractivity contribution in [3.63, 3.8) is 0 Å². The Morgan fingerprint density at radius 3 is 2.83 bits per heavy atom. The Bertz CT molecular complexity index is 377. The van der Waals surface area contributed by atoms with Gasteiger partial charge in [-0.05, 0) is 0 Å². The molecule has 1 aromatic rings. The highest BCUT2D eigenvalue weighted by molar-refractivity contribution is 7.13. The molecule has 7 heteroatoms. The van der Waals surface area contributed by atoms with Gasteiger partial charge in [0.25, 0.3) is 0 Å². The molecule has 0 aliphatic carbocycles. The van der Waals surface area contributed by atoms with Crippen LogP contribution in [0.1, 0.15) is 5.69 Å². The Balaban J connectivity index is 2.37. The zero-order valence-electron chi connectivity index (χ0n) is 11.4. The normalized spacial score (nSPS) is 11.4. The van der Waals surface area contributed by atoms with Gasteiger partial charge in [-0.1, -0.05) is 0 Å². The second-order valence-electron chi connectivity index (χ2n) is 3.86. The third-order valence-electron chi connectivity index (χ3n) is 2.18. The highest BCUT2D eigenvalue weighted by Crippen LogP contribution is 2.17. The fraction of sp³-hybridized carbons (Fsp3) is 0.636. The van der Waals surface area contributed by atoms with Crippen molar-refractivity contribution in [3.8, 4) is 0 Å². The number of anilines is 1. The number of thiazole rings is 1. The maximum Gasteiger partial charge on any atom is 0.191 e. The van der Waals surface area contributed by atoms with E-state index in [-0.39, 0.29) is 0 Å². The number of nitrogens with zero attached hydrogens (tertiary/aromatic N) is 3. The molecule has 0 atom stereocenters. The van der Waals surface area contributed by atoms with Gasteiger partial charge in [0.05, 0.1) is 18.8 Å². The number of aliphatic imine (C=N–C) groups is 1. The minimum Gasteiger partial charge on any atom is -0.383 e. The van der Waals surface area contributed by atoms with Crippen LogP contribution >= 0.6 is 11.3 Å². The van der Waals surface area contributed by atoms with E-state index in [1.807, 2.05) is 24.4 Å². The zero-order chi connectivity index (χ0) is 13.4. The summed E-state index contributed by atoms with van der Waals surface area (Å²) in [5.41, 5.74) is 1.01. The molecule has 18 heavy (non-hydrogen) atoms. The maximum absolute atomic E-state index is 4.97. The molecule has 0 bridgehead atoms. The Kier molecular flexibility index (Phi) is 6.45. The van der Waals surface area contributed by atoms with Crippen LogP contribution < -0.4 is 15.5 Å².